The molecule has 6 nitrogen and oxygen atoms in total. The van der Waals surface area contributed by atoms with E-state index in [2.05, 4.69) is 0 Å². The van der Waals surface area contributed by atoms with Crippen molar-refractivity contribution in [3.8, 4) is 0 Å². The Morgan fingerprint density at radius 3 is 2.10 bits per heavy atom. The highest BCUT2D eigenvalue weighted by Gasteiger charge is 2.31. The number of benzene rings is 1. The normalized spacial score (nSPS) is 12.1. The van der Waals surface area contributed by atoms with Crippen LogP contribution in [0.2, 0.25) is 0 Å². The molecule has 1 aromatic rings. The smallest absolute Gasteiger partial charge is 0.306 e. The first-order valence-corrected chi connectivity index (χ1v) is 8.14. The number of hydrogen-bond donors (Lipinski definition) is 0. The molecule has 0 aromatic heterocycles. The van der Waals surface area contributed by atoms with E-state index in [-0.39, 0.29) is 24.1 Å². The summed E-state index contributed by atoms with van der Waals surface area (Å²) in [7, 11) is -3.42. The summed E-state index contributed by atoms with van der Waals surface area (Å²) in [5, 5.41) is 11.0. The molecule has 20 heavy (non-hydrogen) atoms. The van der Waals surface area contributed by atoms with Crippen LogP contribution in [-0.2, 0) is 19.8 Å². The molecule has 0 saturated heterocycles. The van der Waals surface area contributed by atoms with Crippen LogP contribution in [0.3, 0.4) is 0 Å². The van der Waals surface area contributed by atoms with Crippen LogP contribution in [-0.4, -0.2) is 17.1 Å². The van der Waals surface area contributed by atoms with Crippen molar-refractivity contribution in [3.05, 3.63) is 39.9 Å². The Morgan fingerprint density at radius 2 is 1.65 bits per heavy atom. The molecule has 0 fully saturated rings. The highest BCUT2D eigenvalue weighted by Crippen LogP contribution is 2.54. The highest BCUT2D eigenvalue weighted by atomic mass is 31.2. The molecule has 0 aliphatic rings. The number of para-hydroxylation sites is 1. The van der Waals surface area contributed by atoms with Gasteiger partial charge in [0.2, 0.25) is 0 Å². The molecule has 0 N–H and O–H groups in total. The standard InChI is InChI=1S/C13H20NO5P/c1-10(2)18-20(17,19-11(3)4)9-12-7-5-6-8-13(12)14(15)16/h5-8,10-11H,9H2,1-4H3. The van der Waals surface area contributed by atoms with Crippen molar-refractivity contribution in [3.63, 3.8) is 0 Å². The molecule has 0 saturated carbocycles. The molecule has 0 unspecified atom stereocenters. The summed E-state index contributed by atoms with van der Waals surface area (Å²) in [6.45, 7) is 6.98. The van der Waals surface area contributed by atoms with Gasteiger partial charge in [-0.3, -0.25) is 14.7 Å². The Morgan fingerprint density at radius 1 is 1.15 bits per heavy atom. The molecular weight excluding hydrogens is 281 g/mol. The Hall–Kier alpha value is -1.23. The van der Waals surface area contributed by atoms with Crippen LogP contribution in [0, 0.1) is 10.1 Å². The minimum atomic E-state index is -3.42. The maximum Gasteiger partial charge on any atom is 0.335 e. The Balaban J connectivity index is 3.07. The third-order valence-corrected chi connectivity index (χ3v) is 4.51. The zero-order valence-corrected chi connectivity index (χ0v) is 13.0. The van der Waals surface area contributed by atoms with Gasteiger partial charge in [-0.25, -0.2) is 0 Å². The molecular formula is C13H20NO5P. The lowest BCUT2D eigenvalue weighted by Crippen LogP contribution is -2.10. The van der Waals surface area contributed by atoms with E-state index >= 15 is 0 Å². The Labute approximate surface area is 118 Å². The summed E-state index contributed by atoms with van der Waals surface area (Å²) in [5.41, 5.74) is 0.273. The predicted octanol–water partition coefficient (Wildman–Crippen LogP) is 4.14. The lowest BCUT2D eigenvalue weighted by atomic mass is 10.2. The van der Waals surface area contributed by atoms with Gasteiger partial charge in [0.1, 0.15) is 0 Å². The fourth-order valence-corrected chi connectivity index (χ4v) is 3.94. The summed E-state index contributed by atoms with van der Waals surface area (Å²) in [5.74, 6) is 0. The van der Waals surface area contributed by atoms with Gasteiger partial charge in [-0.1, -0.05) is 18.2 Å². The fourth-order valence-electron chi connectivity index (χ4n) is 1.77. The third kappa shape index (κ3) is 5.04. The van der Waals surface area contributed by atoms with E-state index in [4.69, 9.17) is 9.05 Å². The second-order valence-corrected chi connectivity index (χ2v) is 6.92. The highest BCUT2D eigenvalue weighted by molar-refractivity contribution is 7.53. The van der Waals surface area contributed by atoms with Gasteiger partial charge in [-0.2, -0.15) is 0 Å². The average Bonchev–Trinajstić information content (AvgIpc) is 2.26. The van der Waals surface area contributed by atoms with Crippen LogP contribution >= 0.6 is 7.60 Å². The van der Waals surface area contributed by atoms with Crippen molar-refractivity contribution >= 4 is 13.3 Å². The molecule has 0 amide bonds. The first-order chi connectivity index (χ1) is 9.23. The second-order valence-electron chi connectivity index (χ2n) is 4.96. The maximum absolute atomic E-state index is 12.7. The molecule has 0 bridgehead atoms. The summed E-state index contributed by atoms with van der Waals surface area (Å²) in [4.78, 5) is 10.5. The summed E-state index contributed by atoms with van der Waals surface area (Å²) in [6.07, 6.45) is -0.690. The van der Waals surface area contributed by atoms with Crippen LogP contribution in [0.15, 0.2) is 24.3 Å². The first-order valence-electron chi connectivity index (χ1n) is 6.41. The number of nitro groups is 1. The van der Waals surface area contributed by atoms with Crippen LogP contribution in [0.4, 0.5) is 5.69 Å². The lowest BCUT2D eigenvalue weighted by molar-refractivity contribution is -0.385. The molecule has 0 heterocycles. The van der Waals surface area contributed by atoms with Crippen LogP contribution < -0.4 is 0 Å². The van der Waals surface area contributed by atoms with Gasteiger partial charge in [0.25, 0.3) is 5.69 Å². The van der Waals surface area contributed by atoms with Crippen LogP contribution in [0.5, 0.6) is 0 Å². The SMILES string of the molecule is CC(C)OP(=O)(Cc1ccccc1[N+](=O)[O-])OC(C)C. The van der Waals surface area contributed by atoms with Crippen molar-refractivity contribution in [2.24, 2.45) is 0 Å². The zero-order valence-electron chi connectivity index (χ0n) is 12.1. The molecule has 1 aromatic carbocycles. The van der Waals surface area contributed by atoms with Crippen LogP contribution in [0.1, 0.15) is 33.3 Å². The number of nitrogens with zero attached hydrogens (tertiary/aromatic N) is 1. The molecule has 0 spiro atoms. The minimum absolute atomic E-state index is 0.0764. The van der Waals surface area contributed by atoms with Crippen LogP contribution in [0.25, 0.3) is 0 Å². The molecule has 7 heteroatoms. The van der Waals surface area contributed by atoms with E-state index in [1.807, 2.05) is 0 Å². The topological polar surface area (TPSA) is 78.7 Å². The van der Waals surface area contributed by atoms with Crippen molar-refractivity contribution in [2.45, 2.75) is 46.1 Å². The largest absolute Gasteiger partial charge is 0.335 e. The minimum Gasteiger partial charge on any atom is -0.306 e. The monoisotopic (exact) mass is 301 g/mol. The predicted molar refractivity (Wildman–Crippen MR) is 76.8 cm³/mol. The summed E-state index contributed by atoms with van der Waals surface area (Å²) < 4.78 is 23.5. The quantitative estimate of drug-likeness (QED) is 0.429. The summed E-state index contributed by atoms with van der Waals surface area (Å²) >= 11 is 0. The summed E-state index contributed by atoms with van der Waals surface area (Å²) in [6, 6.07) is 6.18. The average molecular weight is 301 g/mol. The van der Waals surface area contributed by atoms with E-state index in [1.54, 1.807) is 45.9 Å². The zero-order chi connectivity index (χ0) is 15.3. The molecule has 112 valence electrons. The van der Waals surface area contributed by atoms with Crippen molar-refractivity contribution in [1.82, 2.24) is 0 Å². The maximum atomic E-state index is 12.7. The van der Waals surface area contributed by atoms with Gasteiger partial charge >= 0.3 is 7.60 Å². The fraction of sp³-hybridized carbons (Fsp3) is 0.538. The number of hydrogen-bond acceptors (Lipinski definition) is 5. The third-order valence-electron chi connectivity index (χ3n) is 2.30. The van der Waals surface area contributed by atoms with E-state index in [0.29, 0.717) is 5.56 Å². The first kappa shape index (κ1) is 16.8. The van der Waals surface area contributed by atoms with Crippen molar-refractivity contribution < 1.29 is 18.5 Å². The number of rotatable bonds is 7. The van der Waals surface area contributed by atoms with Gasteiger partial charge in [0.15, 0.2) is 0 Å². The second kappa shape index (κ2) is 6.97. The molecule has 0 radical (unpaired) electrons. The molecule has 0 aliphatic carbocycles. The van der Waals surface area contributed by atoms with E-state index < -0.39 is 12.5 Å². The van der Waals surface area contributed by atoms with Gasteiger partial charge in [0.05, 0.1) is 23.3 Å². The molecule has 1 rings (SSSR count). The lowest BCUT2D eigenvalue weighted by Gasteiger charge is -2.22. The van der Waals surface area contributed by atoms with E-state index in [9.17, 15) is 14.7 Å². The molecule has 0 atom stereocenters. The van der Waals surface area contributed by atoms with Gasteiger partial charge in [-0.05, 0) is 27.7 Å². The van der Waals surface area contributed by atoms with E-state index in [0.717, 1.165) is 0 Å². The van der Waals surface area contributed by atoms with E-state index in [1.165, 1.54) is 6.07 Å². The Bertz CT molecular complexity index is 501. The number of nitro benzene ring substituents is 1. The van der Waals surface area contributed by atoms with Crippen molar-refractivity contribution in [1.29, 1.82) is 0 Å². The molecule has 0 aliphatic heterocycles. The van der Waals surface area contributed by atoms with Gasteiger partial charge in [0, 0.05) is 11.6 Å². The Kier molecular flexibility index (Phi) is 5.87. The van der Waals surface area contributed by atoms with Gasteiger partial charge in [-0.15, -0.1) is 0 Å². The van der Waals surface area contributed by atoms with Gasteiger partial charge < -0.3 is 9.05 Å². The van der Waals surface area contributed by atoms with Crippen molar-refractivity contribution in [2.75, 3.05) is 0 Å².